The molecule has 0 unspecified atom stereocenters. The molecule has 0 saturated heterocycles. The van der Waals surface area contributed by atoms with Gasteiger partial charge in [-0.1, -0.05) is 74.9 Å². The van der Waals surface area contributed by atoms with E-state index in [-0.39, 0.29) is 17.4 Å². The van der Waals surface area contributed by atoms with Gasteiger partial charge in [0.05, 0.1) is 11.8 Å². The van der Waals surface area contributed by atoms with Crippen LogP contribution in [0.4, 0.5) is 0 Å². The van der Waals surface area contributed by atoms with Crippen LogP contribution >= 0.6 is 11.8 Å². The molecule has 0 saturated carbocycles. The van der Waals surface area contributed by atoms with Crippen LogP contribution in [0, 0.1) is 6.92 Å². The Kier molecular flexibility index (Phi) is 6.71. The average Bonchev–Trinajstić information content (AvgIpc) is 2.56. The van der Waals surface area contributed by atoms with E-state index in [4.69, 9.17) is 0 Å². The Hall–Kier alpha value is -1.74. The monoisotopic (exact) mass is 355 g/mol. The van der Waals surface area contributed by atoms with Crippen molar-refractivity contribution in [3.05, 3.63) is 70.8 Å². The topological polar surface area (TPSA) is 29.1 Å². The van der Waals surface area contributed by atoms with E-state index in [0.29, 0.717) is 5.75 Å². The number of benzene rings is 2. The summed E-state index contributed by atoms with van der Waals surface area (Å²) < 4.78 is 0. The second-order valence-electron chi connectivity index (χ2n) is 7.64. The van der Waals surface area contributed by atoms with Crippen molar-refractivity contribution in [2.75, 3.05) is 5.75 Å². The lowest BCUT2D eigenvalue weighted by atomic mass is 9.86. The summed E-state index contributed by atoms with van der Waals surface area (Å²) in [5, 5.41) is 3.09. The summed E-state index contributed by atoms with van der Waals surface area (Å²) in [5.41, 5.74) is 5.12. The molecule has 0 bridgehead atoms. The summed E-state index contributed by atoms with van der Waals surface area (Å²) in [7, 11) is 0. The van der Waals surface area contributed by atoms with Gasteiger partial charge in [-0.15, -0.1) is 11.8 Å². The standard InChI is InChI=1S/C22H29NOS/c1-16-6-8-18(9-7-16)14-25-15-21(24)23-17(2)19-10-12-20(13-11-19)22(3,4)5/h6-13,17H,14-15H2,1-5H3,(H,23,24)/t17-/m1/s1. The molecule has 2 nitrogen and oxygen atoms in total. The minimum atomic E-state index is 0.0292. The van der Waals surface area contributed by atoms with Crippen LogP contribution in [0.25, 0.3) is 0 Å². The van der Waals surface area contributed by atoms with E-state index in [1.807, 2.05) is 6.92 Å². The van der Waals surface area contributed by atoms with Crippen LogP contribution in [-0.4, -0.2) is 11.7 Å². The van der Waals surface area contributed by atoms with Crippen LogP contribution in [0.15, 0.2) is 48.5 Å². The Morgan fingerprint density at radius 2 is 1.64 bits per heavy atom. The van der Waals surface area contributed by atoms with Gasteiger partial charge in [-0.05, 0) is 36.0 Å². The van der Waals surface area contributed by atoms with Crippen LogP contribution in [0.5, 0.6) is 0 Å². The molecule has 25 heavy (non-hydrogen) atoms. The van der Waals surface area contributed by atoms with Crippen LogP contribution < -0.4 is 5.32 Å². The van der Waals surface area contributed by atoms with Crippen LogP contribution in [0.3, 0.4) is 0 Å². The van der Waals surface area contributed by atoms with Crippen molar-refractivity contribution in [1.82, 2.24) is 5.32 Å². The molecule has 0 radical (unpaired) electrons. The van der Waals surface area contributed by atoms with Gasteiger partial charge in [-0.2, -0.15) is 0 Å². The van der Waals surface area contributed by atoms with Crippen LogP contribution in [-0.2, 0) is 16.0 Å². The number of aryl methyl sites for hydroxylation is 1. The number of hydrogen-bond donors (Lipinski definition) is 1. The fourth-order valence-corrected chi connectivity index (χ4v) is 3.38. The summed E-state index contributed by atoms with van der Waals surface area (Å²) in [6.45, 7) is 10.7. The summed E-state index contributed by atoms with van der Waals surface area (Å²) in [6, 6.07) is 17.0. The summed E-state index contributed by atoms with van der Waals surface area (Å²) >= 11 is 1.65. The minimum Gasteiger partial charge on any atom is -0.349 e. The third-order valence-electron chi connectivity index (χ3n) is 4.28. The summed E-state index contributed by atoms with van der Waals surface area (Å²) in [5.74, 6) is 1.44. The Morgan fingerprint density at radius 1 is 1.04 bits per heavy atom. The molecule has 0 aliphatic carbocycles. The highest BCUT2D eigenvalue weighted by molar-refractivity contribution is 7.99. The van der Waals surface area contributed by atoms with Gasteiger partial charge in [0.25, 0.3) is 0 Å². The molecule has 3 heteroatoms. The average molecular weight is 356 g/mol. The molecule has 0 aliphatic rings. The Morgan fingerprint density at radius 3 is 2.20 bits per heavy atom. The molecule has 0 fully saturated rings. The highest BCUT2D eigenvalue weighted by atomic mass is 32.2. The SMILES string of the molecule is Cc1ccc(CSCC(=O)N[C@H](C)c2ccc(C(C)(C)C)cc2)cc1. The Balaban J connectivity index is 1.80. The predicted molar refractivity (Wildman–Crippen MR) is 109 cm³/mol. The zero-order valence-corrected chi connectivity index (χ0v) is 16.7. The van der Waals surface area contributed by atoms with E-state index in [1.54, 1.807) is 11.8 Å². The van der Waals surface area contributed by atoms with Crippen molar-refractivity contribution in [3.8, 4) is 0 Å². The third-order valence-corrected chi connectivity index (χ3v) is 5.28. The van der Waals surface area contributed by atoms with Gasteiger partial charge in [-0.25, -0.2) is 0 Å². The van der Waals surface area contributed by atoms with Gasteiger partial charge in [-0.3, -0.25) is 4.79 Å². The van der Waals surface area contributed by atoms with Crippen molar-refractivity contribution in [2.45, 2.75) is 51.8 Å². The van der Waals surface area contributed by atoms with Crippen molar-refractivity contribution in [2.24, 2.45) is 0 Å². The van der Waals surface area contributed by atoms with Crippen LogP contribution in [0.2, 0.25) is 0 Å². The maximum Gasteiger partial charge on any atom is 0.230 e. The smallest absolute Gasteiger partial charge is 0.230 e. The molecular weight excluding hydrogens is 326 g/mol. The van der Waals surface area contributed by atoms with E-state index < -0.39 is 0 Å². The summed E-state index contributed by atoms with van der Waals surface area (Å²) in [6.07, 6.45) is 0. The second kappa shape index (κ2) is 8.57. The number of amides is 1. The minimum absolute atomic E-state index is 0.0292. The maximum absolute atomic E-state index is 12.2. The lowest BCUT2D eigenvalue weighted by molar-refractivity contribution is -0.119. The molecule has 2 aromatic rings. The molecule has 1 amide bonds. The third kappa shape index (κ3) is 6.24. The van der Waals surface area contributed by atoms with Gasteiger partial charge < -0.3 is 5.32 Å². The zero-order valence-electron chi connectivity index (χ0n) is 15.9. The first-order valence-electron chi connectivity index (χ1n) is 8.79. The number of rotatable bonds is 6. The van der Waals surface area contributed by atoms with Gasteiger partial charge >= 0.3 is 0 Å². The first-order valence-corrected chi connectivity index (χ1v) is 9.94. The fourth-order valence-electron chi connectivity index (χ4n) is 2.58. The predicted octanol–water partition coefficient (Wildman–Crippen LogP) is 5.40. The second-order valence-corrected chi connectivity index (χ2v) is 8.63. The largest absolute Gasteiger partial charge is 0.349 e. The molecule has 2 rings (SSSR count). The summed E-state index contributed by atoms with van der Waals surface area (Å²) in [4.78, 5) is 12.2. The molecule has 1 atom stereocenters. The molecule has 2 aromatic carbocycles. The fraction of sp³-hybridized carbons (Fsp3) is 0.409. The molecule has 0 aromatic heterocycles. The van der Waals surface area contributed by atoms with Crippen molar-refractivity contribution in [3.63, 3.8) is 0 Å². The highest BCUT2D eigenvalue weighted by Gasteiger charge is 2.15. The quantitative estimate of drug-likeness (QED) is 0.751. The molecular formula is C22H29NOS. The zero-order chi connectivity index (χ0) is 18.4. The first kappa shape index (κ1) is 19.6. The number of nitrogens with one attached hydrogen (secondary N) is 1. The number of carbonyl (C=O) groups is 1. The normalized spacial score (nSPS) is 12.7. The lowest BCUT2D eigenvalue weighted by Gasteiger charge is -2.20. The Labute approximate surface area is 156 Å². The molecule has 1 N–H and O–H groups in total. The van der Waals surface area contributed by atoms with Gasteiger partial charge in [0, 0.05) is 5.75 Å². The van der Waals surface area contributed by atoms with Gasteiger partial charge in [0.1, 0.15) is 0 Å². The first-order chi connectivity index (χ1) is 11.8. The number of thioether (sulfide) groups is 1. The number of hydrogen-bond acceptors (Lipinski definition) is 2. The van der Waals surface area contributed by atoms with E-state index in [1.165, 1.54) is 16.7 Å². The molecule has 0 spiro atoms. The molecule has 0 heterocycles. The van der Waals surface area contributed by atoms with E-state index in [2.05, 4.69) is 81.5 Å². The number of carbonyl (C=O) groups excluding carboxylic acids is 1. The van der Waals surface area contributed by atoms with Crippen LogP contribution in [0.1, 0.15) is 56.0 Å². The lowest BCUT2D eigenvalue weighted by Crippen LogP contribution is -2.28. The Bertz CT molecular complexity index is 683. The van der Waals surface area contributed by atoms with Crippen molar-refractivity contribution >= 4 is 17.7 Å². The van der Waals surface area contributed by atoms with Gasteiger partial charge in [0.2, 0.25) is 5.91 Å². The maximum atomic E-state index is 12.2. The van der Waals surface area contributed by atoms with E-state index in [9.17, 15) is 4.79 Å². The molecule has 0 aliphatic heterocycles. The highest BCUT2D eigenvalue weighted by Crippen LogP contribution is 2.24. The van der Waals surface area contributed by atoms with Crippen molar-refractivity contribution < 1.29 is 4.79 Å². The molecule has 134 valence electrons. The van der Waals surface area contributed by atoms with E-state index >= 15 is 0 Å². The van der Waals surface area contributed by atoms with Crippen molar-refractivity contribution in [1.29, 1.82) is 0 Å². The van der Waals surface area contributed by atoms with Gasteiger partial charge in [0.15, 0.2) is 0 Å². The van der Waals surface area contributed by atoms with E-state index in [0.717, 1.165) is 11.3 Å².